The number of guanidine groups is 1. The zero-order chi connectivity index (χ0) is 11.4. The van der Waals surface area contributed by atoms with Crippen LogP contribution < -0.4 is 17.2 Å². The predicted octanol–water partition coefficient (Wildman–Crippen LogP) is 0.519. The zero-order valence-corrected chi connectivity index (χ0v) is 10.4. The molecule has 1 aromatic rings. The smallest absolute Gasteiger partial charge is 0.325 e. The molecular formula is C9H14Cl2N4O2. The largest absolute Gasteiger partial charge is 0.480 e. The molecule has 0 aliphatic heterocycles. The minimum absolute atomic E-state index is 0. The molecule has 6 nitrogen and oxygen atoms in total. The number of rotatable bonds is 3. The quantitative estimate of drug-likeness (QED) is 0.474. The van der Waals surface area contributed by atoms with E-state index in [-0.39, 0.29) is 30.8 Å². The van der Waals surface area contributed by atoms with Gasteiger partial charge in [0.25, 0.3) is 0 Å². The van der Waals surface area contributed by atoms with E-state index in [1.807, 2.05) is 0 Å². The van der Waals surface area contributed by atoms with E-state index in [4.69, 9.17) is 22.3 Å². The summed E-state index contributed by atoms with van der Waals surface area (Å²) in [4.78, 5) is 14.4. The molecule has 0 amide bonds. The Morgan fingerprint density at radius 2 is 1.65 bits per heavy atom. The number of carboxylic acids is 1. The van der Waals surface area contributed by atoms with Gasteiger partial charge in [0.1, 0.15) is 6.04 Å². The monoisotopic (exact) mass is 280 g/mol. The summed E-state index contributed by atoms with van der Waals surface area (Å²) in [6.07, 6.45) is 0. The molecule has 0 unspecified atom stereocenters. The minimum atomic E-state index is -1.08. The number of hydrogen-bond donors (Lipinski definition) is 4. The van der Waals surface area contributed by atoms with Gasteiger partial charge in [0.05, 0.1) is 5.69 Å². The lowest BCUT2D eigenvalue weighted by molar-refractivity contribution is -0.138. The molecule has 0 heterocycles. The number of halogens is 2. The van der Waals surface area contributed by atoms with Crippen LogP contribution in [-0.2, 0) is 4.79 Å². The van der Waals surface area contributed by atoms with Crippen LogP contribution in [0.5, 0.6) is 0 Å². The molecule has 0 aliphatic carbocycles. The maximum absolute atomic E-state index is 10.6. The Kier molecular flexibility index (Phi) is 8.12. The SMILES string of the molecule is Cl.Cl.NC(N)=Nc1ccc([C@@H](N)C(=O)O)cc1. The van der Waals surface area contributed by atoms with Gasteiger partial charge in [0.15, 0.2) is 5.96 Å². The Balaban J connectivity index is 0. The third kappa shape index (κ3) is 5.39. The van der Waals surface area contributed by atoms with Crippen molar-refractivity contribution < 1.29 is 9.90 Å². The van der Waals surface area contributed by atoms with Crippen molar-refractivity contribution in [3.8, 4) is 0 Å². The lowest BCUT2D eigenvalue weighted by Gasteiger charge is -2.06. The summed E-state index contributed by atoms with van der Waals surface area (Å²) in [6, 6.07) is 5.30. The van der Waals surface area contributed by atoms with Crippen molar-refractivity contribution in [2.45, 2.75) is 6.04 Å². The van der Waals surface area contributed by atoms with E-state index >= 15 is 0 Å². The molecule has 8 heteroatoms. The molecule has 96 valence electrons. The Morgan fingerprint density at radius 3 is 2.00 bits per heavy atom. The Bertz CT molecular complexity index is 390. The van der Waals surface area contributed by atoms with Crippen LogP contribution in [0, 0.1) is 0 Å². The van der Waals surface area contributed by atoms with Crippen LogP contribution >= 0.6 is 24.8 Å². The molecule has 7 N–H and O–H groups in total. The minimum Gasteiger partial charge on any atom is -0.480 e. The molecule has 0 aromatic heterocycles. The van der Waals surface area contributed by atoms with Crippen LogP contribution in [0.4, 0.5) is 5.69 Å². The van der Waals surface area contributed by atoms with E-state index < -0.39 is 12.0 Å². The Morgan fingerprint density at radius 1 is 1.18 bits per heavy atom. The van der Waals surface area contributed by atoms with Crippen molar-refractivity contribution in [2.75, 3.05) is 0 Å². The number of nitrogens with zero attached hydrogens (tertiary/aromatic N) is 1. The van der Waals surface area contributed by atoms with Gasteiger partial charge in [-0.2, -0.15) is 0 Å². The van der Waals surface area contributed by atoms with Crippen molar-refractivity contribution in [3.05, 3.63) is 29.8 Å². The molecular weight excluding hydrogens is 267 g/mol. The molecule has 0 bridgehead atoms. The lowest BCUT2D eigenvalue weighted by Crippen LogP contribution is -2.22. The van der Waals surface area contributed by atoms with E-state index in [2.05, 4.69) is 4.99 Å². The van der Waals surface area contributed by atoms with Crippen molar-refractivity contribution in [1.82, 2.24) is 0 Å². The third-order valence-corrected chi connectivity index (χ3v) is 1.78. The van der Waals surface area contributed by atoms with E-state index in [9.17, 15) is 4.79 Å². The van der Waals surface area contributed by atoms with E-state index in [0.29, 0.717) is 11.3 Å². The summed E-state index contributed by atoms with van der Waals surface area (Å²) in [5.41, 5.74) is 16.8. The van der Waals surface area contributed by atoms with Crippen molar-refractivity contribution in [1.29, 1.82) is 0 Å². The molecule has 0 spiro atoms. The van der Waals surface area contributed by atoms with E-state index in [0.717, 1.165) is 0 Å². The number of benzene rings is 1. The van der Waals surface area contributed by atoms with Gasteiger partial charge in [0, 0.05) is 0 Å². The van der Waals surface area contributed by atoms with Gasteiger partial charge < -0.3 is 22.3 Å². The van der Waals surface area contributed by atoms with Crippen LogP contribution in [0.15, 0.2) is 29.3 Å². The normalized spacial score (nSPS) is 10.4. The van der Waals surface area contributed by atoms with Crippen LogP contribution in [0.2, 0.25) is 0 Å². The third-order valence-electron chi connectivity index (χ3n) is 1.78. The van der Waals surface area contributed by atoms with Crippen LogP contribution in [0.1, 0.15) is 11.6 Å². The number of carboxylic acid groups (broad SMARTS) is 1. The summed E-state index contributed by atoms with van der Waals surface area (Å²) in [7, 11) is 0. The number of nitrogens with two attached hydrogens (primary N) is 3. The summed E-state index contributed by atoms with van der Waals surface area (Å²) in [5, 5.41) is 8.66. The highest BCUT2D eigenvalue weighted by molar-refractivity contribution is 5.85. The second-order valence-electron chi connectivity index (χ2n) is 2.94. The first kappa shape index (κ1) is 17.9. The first-order valence-corrected chi connectivity index (χ1v) is 4.18. The van der Waals surface area contributed by atoms with Crippen molar-refractivity contribution >= 4 is 42.4 Å². The van der Waals surface area contributed by atoms with Gasteiger partial charge in [-0.1, -0.05) is 12.1 Å². The molecule has 0 saturated carbocycles. The number of aliphatic imine (C=N–C) groups is 1. The fourth-order valence-electron chi connectivity index (χ4n) is 1.05. The highest BCUT2D eigenvalue weighted by atomic mass is 35.5. The zero-order valence-electron chi connectivity index (χ0n) is 8.74. The molecule has 0 saturated heterocycles. The summed E-state index contributed by atoms with van der Waals surface area (Å²) < 4.78 is 0. The molecule has 1 rings (SSSR count). The highest BCUT2D eigenvalue weighted by Crippen LogP contribution is 2.16. The van der Waals surface area contributed by atoms with Gasteiger partial charge in [0.2, 0.25) is 0 Å². The fraction of sp³-hybridized carbons (Fsp3) is 0.111. The van der Waals surface area contributed by atoms with Gasteiger partial charge in [-0.05, 0) is 17.7 Å². The number of hydrogen-bond acceptors (Lipinski definition) is 3. The second kappa shape index (κ2) is 7.72. The Labute approximate surface area is 111 Å². The summed E-state index contributed by atoms with van der Waals surface area (Å²) in [6.45, 7) is 0. The average Bonchev–Trinajstić information content (AvgIpc) is 2.17. The standard InChI is InChI=1S/C9H12N4O2.2ClH/c10-7(8(14)15)5-1-3-6(4-2-5)13-9(11)12;;/h1-4,7H,10H2,(H,14,15)(H4,11,12,13);2*1H/t7-;;/m1../s1. The van der Waals surface area contributed by atoms with Crippen LogP contribution in [0.3, 0.4) is 0 Å². The average molecular weight is 281 g/mol. The van der Waals surface area contributed by atoms with E-state index in [1.54, 1.807) is 24.3 Å². The number of aliphatic carboxylic acids is 1. The maximum atomic E-state index is 10.6. The molecule has 0 aliphatic rings. The van der Waals surface area contributed by atoms with Gasteiger partial charge in [-0.15, -0.1) is 24.8 Å². The summed E-state index contributed by atoms with van der Waals surface area (Å²) in [5.74, 6) is -1.13. The maximum Gasteiger partial charge on any atom is 0.325 e. The number of carbonyl (C=O) groups is 1. The van der Waals surface area contributed by atoms with Gasteiger partial charge >= 0.3 is 5.97 Å². The Hall–Kier alpha value is -1.50. The summed E-state index contributed by atoms with van der Waals surface area (Å²) >= 11 is 0. The molecule has 1 aromatic carbocycles. The molecule has 0 radical (unpaired) electrons. The second-order valence-corrected chi connectivity index (χ2v) is 2.94. The van der Waals surface area contributed by atoms with E-state index in [1.165, 1.54) is 0 Å². The topological polar surface area (TPSA) is 128 Å². The lowest BCUT2D eigenvalue weighted by atomic mass is 10.1. The van der Waals surface area contributed by atoms with Gasteiger partial charge in [-0.25, -0.2) is 4.99 Å². The first-order valence-electron chi connectivity index (χ1n) is 4.18. The van der Waals surface area contributed by atoms with Crippen molar-refractivity contribution in [3.63, 3.8) is 0 Å². The molecule has 1 atom stereocenters. The van der Waals surface area contributed by atoms with Gasteiger partial charge in [-0.3, -0.25) is 4.79 Å². The predicted molar refractivity (Wildman–Crippen MR) is 71.0 cm³/mol. The molecule has 17 heavy (non-hydrogen) atoms. The molecule has 0 fully saturated rings. The van der Waals surface area contributed by atoms with Crippen molar-refractivity contribution in [2.24, 2.45) is 22.2 Å². The fourth-order valence-corrected chi connectivity index (χ4v) is 1.05. The first-order chi connectivity index (χ1) is 7.00. The van der Waals surface area contributed by atoms with Crippen LogP contribution in [0.25, 0.3) is 0 Å². The van der Waals surface area contributed by atoms with Crippen LogP contribution in [-0.4, -0.2) is 17.0 Å². The highest BCUT2D eigenvalue weighted by Gasteiger charge is 2.13.